The molecule has 29 heavy (non-hydrogen) atoms. The minimum absolute atomic E-state index is 0.142. The van der Waals surface area contributed by atoms with E-state index in [9.17, 15) is 14.7 Å². The largest absolute Gasteiger partial charge is 0.493 e. The fourth-order valence-corrected chi connectivity index (χ4v) is 4.23. The molecule has 1 amide bonds. The Labute approximate surface area is 178 Å². The summed E-state index contributed by atoms with van der Waals surface area (Å²) in [6.07, 6.45) is 2.17. The standard InChI is InChI=1S/C21H19NO5S2/c1-26-16-8-7-13(11-17(16)27-2)9-10-22-19(23)18(29-21(22)28)12-14-5-3-4-6-15(14)20(24)25/h3-8,11-12H,9-10H2,1-2H3,(H,24,25). The van der Waals surface area contributed by atoms with Crippen molar-refractivity contribution < 1.29 is 24.2 Å². The minimum Gasteiger partial charge on any atom is -0.493 e. The highest BCUT2D eigenvalue weighted by Crippen LogP contribution is 2.34. The molecule has 0 spiro atoms. The van der Waals surface area contributed by atoms with Gasteiger partial charge in [0.2, 0.25) is 0 Å². The Morgan fingerprint density at radius 1 is 1.17 bits per heavy atom. The smallest absolute Gasteiger partial charge is 0.336 e. The van der Waals surface area contributed by atoms with E-state index in [-0.39, 0.29) is 11.5 Å². The van der Waals surface area contributed by atoms with Gasteiger partial charge in [-0.1, -0.05) is 48.2 Å². The zero-order valence-corrected chi connectivity index (χ0v) is 17.5. The molecule has 1 N–H and O–H groups in total. The monoisotopic (exact) mass is 429 g/mol. The van der Waals surface area contributed by atoms with E-state index in [2.05, 4.69) is 0 Å². The van der Waals surface area contributed by atoms with Crippen molar-refractivity contribution in [3.05, 3.63) is 64.1 Å². The highest BCUT2D eigenvalue weighted by Gasteiger charge is 2.32. The number of methoxy groups -OCH3 is 2. The number of carbonyl (C=O) groups is 2. The lowest BCUT2D eigenvalue weighted by molar-refractivity contribution is -0.122. The van der Waals surface area contributed by atoms with E-state index in [1.54, 1.807) is 38.5 Å². The summed E-state index contributed by atoms with van der Waals surface area (Å²) in [4.78, 5) is 26.1. The summed E-state index contributed by atoms with van der Waals surface area (Å²) >= 11 is 6.54. The lowest BCUT2D eigenvalue weighted by atomic mass is 10.1. The predicted octanol–water partition coefficient (Wildman–Crippen LogP) is 3.85. The summed E-state index contributed by atoms with van der Waals surface area (Å²) in [5, 5.41) is 9.32. The number of ether oxygens (including phenoxy) is 2. The Kier molecular flexibility index (Phi) is 6.56. The number of carboxylic acids is 1. The Morgan fingerprint density at radius 3 is 2.59 bits per heavy atom. The van der Waals surface area contributed by atoms with Crippen LogP contribution in [0.5, 0.6) is 11.5 Å². The van der Waals surface area contributed by atoms with Crippen LogP contribution >= 0.6 is 24.0 Å². The van der Waals surface area contributed by atoms with Gasteiger partial charge < -0.3 is 14.6 Å². The number of hydrogen-bond donors (Lipinski definition) is 1. The topological polar surface area (TPSA) is 76.1 Å². The molecule has 1 saturated heterocycles. The first-order chi connectivity index (χ1) is 13.9. The van der Waals surface area contributed by atoms with E-state index in [1.165, 1.54) is 22.7 Å². The van der Waals surface area contributed by atoms with Crippen LogP contribution in [0, 0.1) is 0 Å². The van der Waals surface area contributed by atoms with Crippen LogP contribution in [-0.4, -0.2) is 47.0 Å². The molecule has 8 heteroatoms. The number of benzene rings is 2. The summed E-state index contributed by atoms with van der Waals surface area (Å²) in [6.45, 7) is 0.415. The molecular formula is C21H19NO5S2. The number of aromatic carboxylic acids is 1. The summed E-state index contributed by atoms with van der Waals surface area (Å²) in [5.74, 6) is 0.00361. The average Bonchev–Trinajstić information content (AvgIpc) is 2.99. The van der Waals surface area contributed by atoms with Crippen molar-refractivity contribution in [2.75, 3.05) is 20.8 Å². The van der Waals surface area contributed by atoms with Gasteiger partial charge in [-0.3, -0.25) is 9.69 Å². The van der Waals surface area contributed by atoms with Crippen LogP contribution in [0.25, 0.3) is 6.08 Å². The molecule has 3 rings (SSSR count). The number of thioether (sulfide) groups is 1. The maximum Gasteiger partial charge on any atom is 0.336 e. The molecule has 0 bridgehead atoms. The third-order valence-corrected chi connectivity index (χ3v) is 5.80. The molecule has 150 valence electrons. The highest BCUT2D eigenvalue weighted by molar-refractivity contribution is 8.26. The highest BCUT2D eigenvalue weighted by atomic mass is 32.2. The Hall–Kier alpha value is -2.84. The number of carbonyl (C=O) groups excluding carboxylic acids is 1. The molecule has 1 fully saturated rings. The summed E-state index contributed by atoms with van der Waals surface area (Å²) < 4.78 is 11.0. The molecule has 2 aromatic rings. The predicted molar refractivity (Wildman–Crippen MR) is 117 cm³/mol. The van der Waals surface area contributed by atoms with Crippen molar-refractivity contribution in [2.24, 2.45) is 0 Å². The van der Waals surface area contributed by atoms with Gasteiger partial charge in [-0.2, -0.15) is 0 Å². The molecule has 2 aromatic carbocycles. The van der Waals surface area contributed by atoms with E-state index >= 15 is 0 Å². The molecular weight excluding hydrogens is 410 g/mol. The van der Waals surface area contributed by atoms with Crippen molar-refractivity contribution in [3.63, 3.8) is 0 Å². The minimum atomic E-state index is -1.04. The van der Waals surface area contributed by atoms with Crippen LogP contribution in [0.2, 0.25) is 0 Å². The Bertz CT molecular complexity index is 1000. The summed E-state index contributed by atoms with van der Waals surface area (Å²) in [7, 11) is 3.15. The van der Waals surface area contributed by atoms with Gasteiger partial charge in [-0.15, -0.1) is 0 Å². The molecule has 0 atom stereocenters. The van der Waals surface area contributed by atoms with Crippen LogP contribution in [0.15, 0.2) is 47.4 Å². The molecule has 0 saturated carbocycles. The Morgan fingerprint density at radius 2 is 1.90 bits per heavy atom. The van der Waals surface area contributed by atoms with E-state index in [4.69, 9.17) is 21.7 Å². The molecule has 0 aromatic heterocycles. The number of hydrogen-bond acceptors (Lipinski definition) is 6. The van der Waals surface area contributed by atoms with Gasteiger partial charge in [0.15, 0.2) is 11.5 Å². The van der Waals surface area contributed by atoms with E-state index in [1.807, 2.05) is 18.2 Å². The van der Waals surface area contributed by atoms with Crippen LogP contribution in [0.1, 0.15) is 21.5 Å². The summed E-state index contributed by atoms with van der Waals surface area (Å²) in [5.41, 5.74) is 1.60. The van der Waals surface area contributed by atoms with Crippen molar-refractivity contribution in [2.45, 2.75) is 6.42 Å². The maximum atomic E-state index is 12.8. The number of rotatable bonds is 7. The number of thiocarbonyl (C=S) groups is 1. The zero-order chi connectivity index (χ0) is 21.0. The molecule has 0 radical (unpaired) electrons. The second kappa shape index (κ2) is 9.11. The molecule has 1 heterocycles. The first-order valence-corrected chi connectivity index (χ1v) is 9.95. The first-order valence-electron chi connectivity index (χ1n) is 8.73. The van der Waals surface area contributed by atoms with Crippen molar-refractivity contribution in [3.8, 4) is 11.5 Å². The Balaban J connectivity index is 1.76. The number of amides is 1. The van der Waals surface area contributed by atoms with Crippen LogP contribution < -0.4 is 9.47 Å². The fraction of sp³-hybridized carbons (Fsp3) is 0.190. The quantitative estimate of drug-likeness (QED) is 0.529. The van der Waals surface area contributed by atoms with Crippen molar-refractivity contribution >= 4 is 46.3 Å². The van der Waals surface area contributed by atoms with Crippen molar-refractivity contribution in [1.29, 1.82) is 0 Å². The normalized spacial score (nSPS) is 15.1. The van der Waals surface area contributed by atoms with Gasteiger partial charge in [0.05, 0.1) is 24.7 Å². The fourth-order valence-electron chi connectivity index (χ4n) is 2.93. The van der Waals surface area contributed by atoms with Gasteiger partial charge >= 0.3 is 5.97 Å². The van der Waals surface area contributed by atoms with Gasteiger partial charge in [-0.25, -0.2) is 4.79 Å². The van der Waals surface area contributed by atoms with E-state index in [0.29, 0.717) is 39.3 Å². The molecule has 0 unspecified atom stereocenters. The second-order valence-electron chi connectivity index (χ2n) is 6.17. The van der Waals surface area contributed by atoms with Gasteiger partial charge in [0.1, 0.15) is 4.32 Å². The van der Waals surface area contributed by atoms with E-state index < -0.39 is 5.97 Å². The van der Waals surface area contributed by atoms with Crippen LogP contribution in [0.4, 0.5) is 0 Å². The van der Waals surface area contributed by atoms with Gasteiger partial charge in [-0.05, 0) is 41.8 Å². The maximum absolute atomic E-state index is 12.8. The molecule has 6 nitrogen and oxygen atoms in total. The molecule has 1 aliphatic heterocycles. The third kappa shape index (κ3) is 4.60. The van der Waals surface area contributed by atoms with Crippen molar-refractivity contribution in [1.82, 2.24) is 4.90 Å². The lowest BCUT2D eigenvalue weighted by Crippen LogP contribution is -2.30. The average molecular weight is 430 g/mol. The van der Waals surface area contributed by atoms with Gasteiger partial charge in [0, 0.05) is 6.54 Å². The van der Waals surface area contributed by atoms with Crippen LogP contribution in [-0.2, 0) is 11.2 Å². The van der Waals surface area contributed by atoms with Gasteiger partial charge in [0.25, 0.3) is 5.91 Å². The van der Waals surface area contributed by atoms with E-state index in [0.717, 1.165) is 5.56 Å². The number of nitrogens with zero attached hydrogens (tertiary/aromatic N) is 1. The summed E-state index contributed by atoms with van der Waals surface area (Å²) in [6, 6.07) is 12.2. The molecule has 0 aliphatic carbocycles. The zero-order valence-electron chi connectivity index (χ0n) is 15.9. The number of carboxylic acid groups (broad SMARTS) is 1. The van der Waals surface area contributed by atoms with Crippen LogP contribution in [0.3, 0.4) is 0 Å². The first kappa shape index (κ1) is 20.9. The SMILES string of the molecule is COc1ccc(CCN2C(=O)C(=Cc3ccccc3C(=O)O)SC2=S)cc1OC. The third-order valence-electron chi connectivity index (χ3n) is 4.42. The second-order valence-corrected chi connectivity index (χ2v) is 7.84. The lowest BCUT2D eigenvalue weighted by Gasteiger charge is -2.15. The molecule has 1 aliphatic rings.